The molecule has 1 aromatic heterocycles. The van der Waals surface area contributed by atoms with E-state index in [1.54, 1.807) is 17.4 Å². The lowest BCUT2D eigenvalue weighted by Gasteiger charge is -1.84. The Hall–Kier alpha value is -1.16. The van der Waals surface area contributed by atoms with Crippen LogP contribution in [0, 0.1) is 6.92 Å². The molecule has 4 heteroatoms. The van der Waals surface area contributed by atoms with E-state index < -0.39 is 5.97 Å². The Balaban J connectivity index is 2.20. The molecule has 0 radical (unpaired) electrons. The fourth-order valence-electron chi connectivity index (χ4n) is 1.24. The first-order valence-electron chi connectivity index (χ1n) is 4.55. The zero-order chi connectivity index (χ0) is 10.1. The van der Waals surface area contributed by atoms with E-state index in [2.05, 4.69) is 4.98 Å². The van der Waals surface area contributed by atoms with Crippen molar-refractivity contribution in [2.75, 3.05) is 0 Å². The third-order valence-corrected chi connectivity index (χ3v) is 3.44. The van der Waals surface area contributed by atoms with Crippen LogP contribution in [0.4, 0.5) is 0 Å². The maximum Gasteiger partial charge on any atom is 0.328 e. The molecule has 0 unspecified atom stereocenters. The minimum absolute atomic E-state index is 0.644. The highest BCUT2D eigenvalue weighted by atomic mass is 32.1. The minimum atomic E-state index is -0.911. The van der Waals surface area contributed by atoms with Gasteiger partial charge in [-0.3, -0.25) is 0 Å². The fourth-order valence-corrected chi connectivity index (χ4v) is 2.38. The van der Waals surface area contributed by atoms with Crippen molar-refractivity contribution in [2.24, 2.45) is 0 Å². The highest BCUT2D eigenvalue weighted by Crippen LogP contribution is 2.42. The molecule has 0 atom stereocenters. The molecule has 1 aliphatic carbocycles. The van der Waals surface area contributed by atoms with Gasteiger partial charge in [-0.2, -0.15) is 0 Å². The second-order valence-corrected chi connectivity index (χ2v) is 4.51. The molecule has 14 heavy (non-hydrogen) atoms. The highest BCUT2D eigenvalue weighted by molar-refractivity contribution is 7.12. The van der Waals surface area contributed by atoms with Gasteiger partial charge in [0.2, 0.25) is 0 Å². The average Bonchev–Trinajstić information content (AvgIpc) is 2.88. The van der Waals surface area contributed by atoms with Crippen LogP contribution >= 0.6 is 11.3 Å². The first-order valence-corrected chi connectivity index (χ1v) is 5.37. The van der Waals surface area contributed by atoms with E-state index in [-0.39, 0.29) is 0 Å². The maximum absolute atomic E-state index is 10.3. The molecule has 0 amide bonds. The molecule has 0 saturated heterocycles. The van der Waals surface area contributed by atoms with Crippen LogP contribution in [0.15, 0.2) is 6.08 Å². The standard InChI is InChI=1S/C10H11NO2S/c1-6-8(4-5-9(12)13)14-10(11-6)7-2-3-7/h4-5,7H,2-3H2,1H3,(H,12,13)/b5-4+. The number of hydrogen-bond acceptors (Lipinski definition) is 3. The van der Waals surface area contributed by atoms with Crippen molar-refractivity contribution in [3.8, 4) is 0 Å². The summed E-state index contributed by atoms with van der Waals surface area (Å²) in [6.07, 6.45) is 5.25. The predicted molar refractivity (Wildman–Crippen MR) is 55.5 cm³/mol. The number of hydrogen-bond donors (Lipinski definition) is 1. The van der Waals surface area contributed by atoms with Gasteiger partial charge in [0.05, 0.1) is 15.6 Å². The summed E-state index contributed by atoms with van der Waals surface area (Å²) in [7, 11) is 0. The second kappa shape index (κ2) is 3.53. The summed E-state index contributed by atoms with van der Waals surface area (Å²) < 4.78 is 0. The lowest BCUT2D eigenvalue weighted by atomic mass is 10.3. The van der Waals surface area contributed by atoms with E-state index in [9.17, 15) is 4.79 Å². The van der Waals surface area contributed by atoms with Gasteiger partial charge in [0.15, 0.2) is 0 Å². The highest BCUT2D eigenvalue weighted by Gasteiger charge is 2.27. The van der Waals surface area contributed by atoms with Crippen LogP contribution in [-0.4, -0.2) is 16.1 Å². The summed E-state index contributed by atoms with van der Waals surface area (Å²) in [5.74, 6) is -0.267. The van der Waals surface area contributed by atoms with Gasteiger partial charge in [0.25, 0.3) is 0 Å². The van der Waals surface area contributed by atoms with Gasteiger partial charge in [0, 0.05) is 12.0 Å². The van der Waals surface area contributed by atoms with Gasteiger partial charge < -0.3 is 5.11 Å². The van der Waals surface area contributed by atoms with Crippen molar-refractivity contribution in [1.82, 2.24) is 4.98 Å². The largest absolute Gasteiger partial charge is 0.478 e. The monoisotopic (exact) mass is 209 g/mol. The van der Waals surface area contributed by atoms with Crippen LogP contribution in [0.2, 0.25) is 0 Å². The zero-order valence-corrected chi connectivity index (χ0v) is 8.67. The van der Waals surface area contributed by atoms with Gasteiger partial charge in [-0.1, -0.05) is 0 Å². The van der Waals surface area contributed by atoms with E-state index in [1.807, 2.05) is 6.92 Å². The number of rotatable bonds is 3. The van der Waals surface area contributed by atoms with Crippen LogP contribution in [0.5, 0.6) is 0 Å². The molecule has 1 heterocycles. The minimum Gasteiger partial charge on any atom is -0.478 e. The Morgan fingerprint density at radius 3 is 2.93 bits per heavy atom. The van der Waals surface area contributed by atoms with E-state index in [1.165, 1.54) is 12.8 Å². The van der Waals surface area contributed by atoms with E-state index in [4.69, 9.17) is 5.11 Å². The smallest absolute Gasteiger partial charge is 0.328 e. The number of nitrogens with zero attached hydrogens (tertiary/aromatic N) is 1. The molecule has 1 fully saturated rings. The number of thiazole rings is 1. The van der Waals surface area contributed by atoms with Gasteiger partial charge >= 0.3 is 5.97 Å². The van der Waals surface area contributed by atoms with Crippen molar-refractivity contribution < 1.29 is 9.90 Å². The van der Waals surface area contributed by atoms with Crippen molar-refractivity contribution >= 4 is 23.4 Å². The van der Waals surface area contributed by atoms with Crippen molar-refractivity contribution in [1.29, 1.82) is 0 Å². The van der Waals surface area contributed by atoms with Gasteiger partial charge in [0.1, 0.15) is 0 Å². The Morgan fingerprint density at radius 1 is 1.64 bits per heavy atom. The van der Waals surface area contributed by atoms with E-state index in [0.29, 0.717) is 5.92 Å². The van der Waals surface area contributed by atoms with Crippen LogP contribution in [-0.2, 0) is 4.79 Å². The topological polar surface area (TPSA) is 50.2 Å². The Morgan fingerprint density at radius 2 is 2.36 bits per heavy atom. The number of aromatic nitrogens is 1. The van der Waals surface area contributed by atoms with E-state index >= 15 is 0 Å². The SMILES string of the molecule is Cc1nc(C2CC2)sc1/C=C/C(=O)O. The lowest BCUT2D eigenvalue weighted by molar-refractivity contribution is -0.131. The summed E-state index contributed by atoms with van der Waals surface area (Å²) in [5, 5.41) is 9.65. The summed E-state index contributed by atoms with van der Waals surface area (Å²) in [5.41, 5.74) is 0.939. The normalized spacial score (nSPS) is 16.4. The van der Waals surface area contributed by atoms with Crippen LogP contribution in [0.3, 0.4) is 0 Å². The van der Waals surface area contributed by atoms with Crippen molar-refractivity contribution in [3.05, 3.63) is 21.7 Å². The Bertz CT molecular complexity index is 391. The summed E-state index contributed by atoms with van der Waals surface area (Å²) in [6.45, 7) is 1.92. The van der Waals surface area contributed by atoms with Crippen LogP contribution < -0.4 is 0 Å². The molecule has 74 valence electrons. The molecule has 0 spiro atoms. The van der Waals surface area contributed by atoms with Gasteiger partial charge in [-0.05, 0) is 25.8 Å². The third-order valence-electron chi connectivity index (χ3n) is 2.15. The summed E-state index contributed by atoms with van der Waals surface area (Å²) in [4.78, 5) is 15.7. The first kappa shape index (κ1) is 9.40. The third kappa shape index (κ3) is 2.01. The Kier molecular flexibility index (Phi) is 2.37. The summed E-state index contributed by atoms with van der Waals surface area (Å²) in [6, 6.07) is 0. The molecule has 3 nitrogen and oxygen atoms in total. The lowest BCUT2D eigenvalue weighted by Crippen LogP contribution is -1.85. The number of carbonyl (C=O) groups is 1. The molecule has 2 rings (SSSR count). The maximum atomic E-state index is 10.3. The molecule has 0 aromatic carbocycles. The molecule has 1 saturated carbocycles. The fraction of sp³-hybridized carbons (Fsp3) is 0.400. The van der Waals surface area contributed by atoms with Gasteiger partial charge in [-0.25, -0.2) is 9.78 Å². The summed E-state index contributed by atoms with van der Waals surface area (Å²) >= 11 is 1.61. The van der Waals surface area contributed by atoms with Gasteiger partial charge in [-0.15, -0.1) is 11.3 Å². The quantitative estimate of drug-likeness (QED) is 0.778. The zero-order valence-electron chi connectivity index (χ0n) is 7.86. The Labute approximate surface area is 86.1 Å². The number of aryl methyl sites for hydroxylation is 1. The molecular weight excluding hydrogens is 198 g/mol. The molecular formula is C10H11NO2S. The number of carboxylic acid groups (broad SMARTS) is 1. The second-order valence-electron chi connectivity index (χ2n) is 3.45. The molecule has 1 N–H and O–H groups in total. The molecule has 0 aliphatic heterocycles. The molecule has 1 aromatic rings. The van der Waals surface area contributed by atoms with Crippen LogP contribution in [0.1, 0.15) is 34.3 Å². The number of carboxylic acids is 1. The number of aliphatic carboxylic acids is 1. The predicted octanol–water partition coefficient (Wildman–Crippen LogP) is 2.43. The van der Waals surface area contributed by atoms with Crippen molar-refractivity contribution in [2.45, 2.75) is 25.7 Å². The van der Waals surface area contributed by atoms with E-state index in [0.717, 1.165) is 21.7 Å². The molecule has 0 bridgehead atoms. The van der Waals surface area contributed by atoms with Crippen molar-refractivity contribution in [3.63, 3.8) is 0 Å². The van der Waals surface area contributed by atoms with Crippen LogP contribution in [0.25, 0.3) is 6.08 Å². The molecule has 1 aliphatic rings. The average molecular weight is 209 g/mol. The first-order chi connectivity index (χ1) is 6.66.